The Morgan fingerprint density at radius 3 is 2.43 bits per heavy atom. The zero-order valence-corrected chi connectivity index (χ0v) is 12.3. The Hall–Kier alpha value is -1.88. The number of carbonyl (C=O) groups excluding carboxylic acids is 2. The molecule has 21 heavy (non-hydrogen) atoms. The Balaban J connectivity index is 2.13. The van der Waals surface area contributed by atoms with E-state index in [1.165, 1.54) is 0 Å². The molecule has 1 saturated heterocycles. The van der Waals surface area contributed by atoms with E-state index in [2.05, 4.69) is 4.90 Å². The Bertz CT molecular complexity index is 482. The van der Waals surface area contributed by atoms with Gasteiger partial charge in [-0.2, -0.15) is 0 Å². The van der Waals surface area contributed by atoms with Crippen LogP contribution in [0.1, 0.15) is 31.4 Å². The van der Waals surface area contributed by atoms with Gasteiger partial charge in [-0.25, -0.2) is 4.79 Å². The minimum atomic E-state index is -0.403. The van der Waals surface area contributed by atoms with Crippen molar-refractivity contribution in [1.82, 2.24) is 4.90 Å². The van der Waals surface area contributed by atoms with Gasteiger partial charge in [-0.15, -0.1) is 0 Å². The fraction of sp³-hybridized carbons (Fsp3) is 0.500. The van der Waals surface area contributed by atoms with Gasteiger partial charge in [-0.1, -0.05) is 30.3 Å². The number of benzene rings is 1. The summed E-state index contributed by atoms with van der Waals surface area (Å²) in [5.41, 5.74) is 6.28. The van der Waals surface area contributed by atoms with Gasteiger partial charge in [0.1, 0.15) is 6.04 Å². The lowest BCUT2D eigenvalue weighted by molar-refractivity contribution is -0.150. The Labute approximate surface area is 125 Å². The molecule has 0 bridgehead atoms. The molecule has 1 aromatic rings. The summed E-state index contributed by atoms with van der Waals surface area (Å²) in [5.74, 6) is -0.567. The third-order valence-corrected chi connectivity index (χ3v) is 3.92. The number of hydrogen-bond donors (Lipinski definition) is 1. The molecule has 1 aliphatic heterocycles. The van der Waals surface area contributed by atoms with Crippen molar-refractivity contribution in [1.29, 1.82) is 0 Å². The monoisotopic (exact) mass is 290 g/mol. The molecule has 1 unspecified atom stereocenters. The SMILES string of the molecule is CCOC(=O)C(c1ccccc1)N1CCC(C(N)=O)CC1. The van der Waals surface area contributed by atoms with E-state index in [0.717, 1.165) is 5.56 Å². The minimum absolute atomic E-state index is 0.0835. The lowest BCUT2D eigenvalue weighted by atomic mass is 9.93. The average molecular weight is 290 g/mol. The summed E-state index contributed by atoms with van der Waals surface area (Å²) in [6.07, 6.45) is 1.39. The van der Waals surface area contributed by atoms with Crippen LogP contribution in [0.5, 0.6) is 0 Å². The highest BCUT2D eigenvalue weighted by Gasteiger charge is 2.33. The normalized spacial score (nSPS) is 18.1. The van der Waals surface area contributed by atoms with E-state index >= 15 is 0 Å². The first-order valence-corrected chi connectivity index (χ1v) is 7.38. The van der Waals surface area contributed by atoms with Crippen molar-refractivity contribution in [3.63, 3.8) is 0 Å². The van der Waals surface area contributed by atoms with Crippen LogP contribution >= 0.6 is 0 Å². The summed E-state index contributed by atoms with van der Waals surface area (Å²) in [6.45, 7) is 3.51. The molecule has 0 saturated carbocycles. The topological polar surface area (TPSA) is 72.6 Å². The van der Waals surface area contributed by atoms with Gasteiger partial charge in [0.2, 0.25) is 5.91 Å². The molecule has 1 aromatic carbocycles. The first kappa shape index (κ1) is 15.5. The number of carbonyl (C=O) groups is 2. The summed E-state index contributed by atoms with van der Waals surface area (Å²) in [4.78, 5) is 25.6. The van der Waals surface area contributed by atoms with Crippen LogP contribution in [0.2, 0.25) is 0 Å². The Morgan fingerprint density at radius 2 is 1.90 bits per heavy atom. The predicted octanol–water partition coefficient (Wildman–Crippen LogP) is 1.49. The highest BCUT2D eigenvalue weighted by atomic mass is 16.5. The quantitative estimate of drug-likeness (QED) is 0.834. The molecule has 0 aromatic heterocycles. The molecule has 114 valence electrons. The first-order chi connectivity index (χ1) is 10.1. The zero-order chi connectivity index (χ0) is 15.2. The minimum Gasteiger partial charge on any atom is -0.465 e. The van der Waals surface area contributed by atoms with Gasteiger partial charge >= 0.3 is 5.97 Å². The van der Waals surface area contributed by atoms with Crippen LogP contribution in [-0.2, 0) is 14.3 Å². The number of nitrogens with two attached hydrogens (primary N) is 1. The van der Waals surface area contributed by atoms with Crippen LogP contribution in [0.25, 0.3) is 0 Å². The van der Waals surface area contributed by atoms with E-state index in [1.54, 1.807) is 6.92 Å². The van der Waals surface area contributed by atoms with Crippen molar-refractivity contribution in [2.24, 2.45) is 11.7 Å². The van der Waals surface area contributed by atoms with Crippen molar-refractivity contribution < 1.29 is 14.3 Å². The lowest BCUT2D eigenvalue weighted by Crippen LogP contribution is -2.43. The fourth-order valence-electron chi connectivity index (χ4n) is 2.79. The average Bonchev–Trinajstić information content (AvgIpc) is 2.49. The molecule has 1 atom stereocenters. The van der Waals surface area contributed by atoms with E-state index in [0.29, 0.717) is 32.5 Å². The third kappa shape index (κ3) is 3.82. The summed E-state index contributed by atoms with van der Waals surface area (Å²) in [7, 11) is 0. The number of ether oxygens (including phenoxy) is 1. The standard InChI is InChI=1S/C16H22N2O3/c1-2-21-16(20)14(12-6-4-3-5-7-12)18-10-8-13(9-11-18)15(17)19/h3-7,13-14H,2,8-11H2,1H3,(H2,17,19). The summed E-state index contributed by atoms with van der Waals surface area (Å²) in [5, 5.41) is 0. The highest BCUT2D eigenvalue weighted by Crippen LogP contribution is 2.27. The van der Waals surface area contributed by atoms with Gasteiger partial charge in [0.25, 0.3) is 0 Å². The molecule has 1 fully saturated rings. The molecule has 1 aliphatic rings. The molecule has 5 nitrogen and oxygen atoms in total. The number of rotatable bonds is 5. The summed E-state index contributed by atoms with van der Waals surface area (Å²) < 4.78 is 5.21. The predicted molar refractivity (Wildman–Crippen MR) is 79.3 cm³/mol. The van der Waals surface area contributed by atoms with Crippen LogP contribution in [0.3, 0.4) is 0 Å². The molecule has 0 spiro atoms. The Kier molecular flexibility index (Phi) is 5.33. The molecular formula is C16H22N2O3. The van der Waals surface area contributed by atoms with E-state index in [1.807, 2.05) is 30.3 Å². The maximum absolute atomic E-state index is 12.3. The van der Waals surface area contributed by atoms with Gasteiger partial charge in [0, 0.05) is 19.0 Å². The maximum Gasteiger partial charge on any atom is 0.327 e. The van der Waals surface area contributed by atoms with Crippen molar-refractivity contribution in [3.05, 3.63) is 35.9 Å². The number of nitrogens with zero attached hydrogens (tertiary/aromatic N) is 1. The summed E-state index contributed by atoms with van der Waals surface area (Å²) in [6, 6.07) is 9.21. The van der Waals surface area contributed by atoms with Crippen LogP contribution in [0.15, 0.2) is 30.3 Å². The molecule has 5 heteroatoms. The number of primary amides is 1. The maximum atomic E-state index is 12.3. The van der Waals surface area contributed by atoms with Gasteiger partial charge in [-0.05, 0) is 25.3 Å². The highest BCUT2D eigenvalue weighted by molar-refractivity contribution is 5.78. The third-order valence-electron chi connectivity index (χ3n) is 3.92. The van der Waals surface area contributed by atoms with Gasteiger partial charge in [0.05, 0.1) is 6.61 Å². The number of hydrogen-bond acceptors (Lipinski definition) is 4. The Morgan fingerprint density at radius 1 is 1.29 bits per heavy atom. The second kappa shape index (κ2) is 7.22. The lowest BCUT2D eigenvalue weighted by Gasteiger charge is -2.35. The van der Waals surface area contributed by atoms with Crippen molar-refractivity contribution in [2.75, 3.05) is 19.7 Å². The molecule has 2 N–H and O–H groups in total. The van der Waals surface area contributed by atoms with Crippen LogP contribution in [0.4, 0.5) is 0 Å². The van der Waals surface area contributed by atoms with E-state index in [9.17, 15) is 9.59 Å². The van der Waals surface area contributed by atoms with Crippen molar-refractivity contribution >= 4 is 11.9 Å². The van der Waals surface area contributed by atoms with Crippen LogP contribution < -0.4 is 5.73 Å². The molecule has 1 amide bonds. The van der Waals surface area contributed by atoms with Crippen molar-refractivity contribution in [2.45, 2.75) is 25.8 Å². The summed E-state index contributed by atoms with van der Waals surface area (Å²) >= 11 is 0. The second-order valence-electron chi connectivity index (χ2n) is 5.28. The smallest absolute Gasteiger partial charge is 0.327 e. The van der Waals surface area contributed by atoms with E-state index < -0.39 is 6.04 Å². The fourth-order valence-corrected chi connectivity index (χ4v) is 2.79. The molecule has 2 rings (SSSR count). The van der Waals surface area contributed by atoms with E-state index in [-0.39, 0.29) is 17.8 Å². The first-order valence-electron chi connectivity index (χ1n) is 7.38. The molecule has 0 radical (unpaired) electrons. The second-order valence-corrected chi connectivity index (χ2v) is 5.28. The van der Waals surface area contributed by atoms with Gasteiger partial charge in [-0.3, -0.25) is 9.69 Å². The zero-order valence-electron chi connectivity index (χ0n) is 12.3. The largest absolute Gasteiger partial charge is 0.465 e. The van der Waals surface area contributed by atoms with E-state index in [4.69, 9.17) is 10.5 Å². The molecule has 1 heterocycles. The number of esters is 1. The number of amides is 1. The van der Waals surface area contributed by atoms with Crippen molar-refractivity contribution in [3.8, 4) is 0 Å². The number of likely N-dealkylation sites (tertiary alicyclic amines) is 1. The van der Waals surface area contributed by atoms with Crippen LogP contribution in [-0.4, -0.2) is 36.5 Å². The van der Waals surface area contributed by atoms with Gasteiger partial charge in [0.15, 0.2) is 0 Å². The van der Waals surface area contributed by atoms with Gasteiger partial charge < -0.3 is 10.5 Å². The number of piperidine rings is 1. The van der Waals surface area contributed by atoms with Crippen LogP contribution in [0, 0.1) is 5.92 Å². The molecular weight excluding hydrogens is 268 g/mol. The molecule has 0 aliphatic carbocycles.